The predicted molar refractivity (Wildman–Crippen MR) is 94.3 cm³/mol. The van der Waals surface area contributed by atoms with E-state index in [0.29, 0.717) is 0 Å². The molecule has 2 aromatic rings. The molecule has 2 heteroatoms. The third-order valence-electron chi connectivity index (χ3n) is 5.32. The molecule has 2 N–H and O–H groups in total. The molecule has 1 aliphatic rings. The van der Waals surface area contributed by atoms with Gasteiger partial charge >= 0.3 is 0 Å². The fourth-order valence-corrected chi connectivity index (χ4v) is 3.73. The molecule has 1 unspecified atom stereocenters. The van der Waals surface area contributed by atoms with E-state index < -0.39 is 0 Å². The van der Waals surface area contributed by atoms with Crippen LogP contribution in [0.2, 0.25) is 0 Å². The van der Waals surface area contributed by atoms with Crippen LogP contribution in [0.5, 0.6) is 11.5 Å². The Morgan fingerprint density at radius 1 is 0.913 bits per heavy atom. The van der Waals surface area contributed by atoms with Gasteiger partial charge in [-0.3, -0.25) is 0 Å². The number of benzene rings is 2. The highest BCUT2D eigenvalue weighted by Gasteiger charge is 2.18. The molecule has 3 rings (SSSR count). The van der Waals surface area contributed by atoms with Crippen LogP contribution in [0.1, 0.15) is 73.1 Å². The molecule has 0 saturated heterocycles. The number of phenolic OH excluding ortho intramolecular Hbond substituents is 2. The highest BCUT2D eigenvalue weighted by atomic mass is 16.3. The lowest BCUT2D eigenvalue weighted by atomic mass is 9.83. The number of hydrogen-bond acceptors (Lipinski definition) is 2. The van der Waals surface area contributed by atoms with Crippen LogP contribution in [0.15, 0.2) is 36.4 Å². The van der Waals surface area contributed by atoms with Gasteiger partial charge in [0.25, 0.3) is 0 Å². The summed E-state index contributed by atoms with van der Waals surface area (Å²) in [5.41, 5.74) is 4.31. The molecule has 0 radical (unpaired) electrons. The van der Waals surface area contributed by atoms with E-state index in [-0.39, 0.29) is 17.4 Å². The van der Waals surface area contributed by atoms with Gasteiger partial charge in [0.05, 0.1) is 0 Å². The molecule has 0 heterocycles. The standard InChI is InChI=1S/C21H26O2/c1-14-12-19(21(23)13-20(14)22)15(2)16-8-10-18(11-9-16)17-6-4-3-5-7-17/h8-13,15,17,22-23H,3-7H2,1-2H3. The first-order valence-electron chi connectivity index (χ1n) is 8.68. The molecule has 122 valence electrons. The van der Waals surface area contributed by atoms with Crippen molar-refractivity contribution in [3.8, 4) is 11.5 Å². The first-order chi connectivity index (χ1) is 11.1. The summed E-state index contributed by atoms with van der Waals surface area (Å²) in [6.07, 6.45) is 6.71. The van der Waals surface area contributed by atoms with E-state index in [2.05, 4.69) is 31.2 Å². The molecule has 1 aliphatic carbocycles. The van der Waals surface area contributed by atoms with Gasteiger partial charge in [-0.15, -0.1) is 0 Å². The molecule has 0 amide bonds. The fourth-order valence-electron chi connectivity index (χ4n) is 3.73. The van der Waals surface area contributed by atoms with Crippen molar-refractivity contribution in [3.05, 3.63) is 58.7 Å². The monoisotopic (exact) mass is 310 g/mol. The summed E-state index contributed by atoms with van der Waals surface area (Å²) in [7, 11) is 0. The third-order valence-corrected chi connectivity index (χ3v) is 5.32. The Labute approximate surface area is 138 Å². The second-order valence-corrected chi connectivity index (χ2v) is 6.92. The molecular weight excluding hydrogens is 284 g/mol. The van der Waals surface area contributed by atoms with Gasteiger partial charge in [0, 0.05) is 17.5 Å². The van der Waals surface area contributed by atoms with E-state index in [0.717, 1.165) is 17.0 Å². The number of rotatable bonds is 3. The van der Waals surface area contributed by atoms with E-state index in [1.165, 1.54) is 49.3 Å². The van der Waals surface area contributed by atoms with E-state index in [1.54, 1.807) is 0 Å². The minimum atomic E-state index is 0.106. The zero-order valence-corrected chi connectivity index (χ0v) is 14.0. The summed E-state index contributed by atoms with van der Waals surface area (Å²) in [5, 5.41) is 19.8. The Kier molecular flexibility index (Phi) is 4.61. The van der Waals surface area contributed by atoms with Gasteiger partial charge in [-0.1, -0.05) is 50.5 Å². The second-order valence-electron chi connectivity index (χ2n) is 6.92. The molecule has 1 atom stereocenters. The maximum absolute atomic E-state index is 10.1. The van der Waals surface area contributed by atoms with Gasteiger partial charge in [0.15, 0.2) is 0 Å². The largest absolute Gasteiger partial charge is 0.508 e. The molecule has 2 nitrogen and oxygen atoms in total. The van der Waals surface area contributed by atoms with Gasteiger partial charge < -0.3 is 10.2 Å². The van der Waals surface area contributed by atoms with Gasteiger partial charge in [-0.05, 0) is 48.4 Å². The van der Waals surface area contributed by atoms with Crippen molar-refractivity contribution in [1.82, 2.24) is 0 Å². The molecule has 2 aromatic carbocycles. The van der Waals surface area contributed by atoms with Crippen molar-refractivity contribution in [2.24, 2.45) is 0 Å². The highest BCUT2D eigenvalue weighted by Crippen LogP contribution is 2.37. The first kappa shape index (κ1) is 15.9. The van der Waals surface area contributed by atoms with Crippen LogP contribution in [-0.4, -0.2) is 10.2 Å². The molecule has 23 heavy (non-hydrogen) atoms. The second kappa shape index (κ2) is 6.66. The van der Waals surface area contributed by atoms with Crippen molar-refractivity contribution in [2.45, 2.75) is 57.8 Å². The Morgan fingerprint density at radius 3 is 2.22 bits per heavy atom. The average Bonchev–Trinajstić information content (AvgIpc) is 2.58. The summed E-state index contributed by atoms with van der Waals surface area (Å²) >= 11 is 0. The smallest absolute Gasteiger partial charge is 0.123 e. The van der Waals surface area contributed by atoms with Crippen LogP contribution in [0.25, 0.3) is 0 Å². The molecular formula is C21H26O2. The van der Waals surface area contributed by atoms with Crippen molar-refractivity contribution in [3.63, 3.8) is 0 Å². The highest BCUT2D eigenvalue weighted by molar-refractivity contribution is 5.48. The Bertz CT molecular complexity index is 667. The summed E-state index contributed by atoms with van der Waals surface area (Å²) in [6.45, 7) is 3.96. The lowest BCUT2D eigenvalue weighted by molar-refractivity contribution is 0.441. The summed E-state index contributed by atoms with van der Waals surface area (Å²) in [5.74, 6) is 1.13. The average molecular weight is 310 g/mol. The van der Waals surface area contributed by atoms with Gasteiger partial charge in [0.1, 0.15) is 11.5 Å². The van der Waals surface area contributed by atoms with Crippen molar-refractivity contribution >= 4 is 0 Å². The molecule has 1 fully saturated rings. The third kappa shape index (κ3) is 3.36. The topological polar surface area (TPSA) is 40.5 Å². The quantitative estimate of drug-likeness (QED) is 0.774. The lowest BCUT2D eigenvalue weighted by Gasteiger charge is -2.23. The summed E-state index contributed by atoms with van der Waals surface area (Å²) in [4.78, 5) is 0. The SMILES string of the molecule is Cc1cc(C(C)c2ccc(C3CCCCC3)cc2)c(O)cc1O. The van der Waals surface area contributed by atoms with Crippen molar-refractivity contribution < 1.29 is 10.2 Å². The Balaban J connectivity index is 1.82. The van der Waals surface area contributed by atoms with Crippen LogP contribution in [0.4, 0.5) is 0 Å². The number of aromatic hydroxyl groups is 2. The molecule has 1 saturated carbocycles. The summed E-state index contributed by atoms with van der Waals surface area (Å²) < 4.78 is 0. The van der Waals surface area contributed by atoms with Crippen LogP contribution in [0, 0.1) is 6.92 Å². The van der Waals surface area contributed by atoms with E-state index in [9.17, 15) is 10.2 Å². The van der Waals surface area contributed by atoms with E-state index in [4.69, 9.17) is 0 Å². The predicted octanol–water partition coefficient (Wildman–Crippen LogP) is 5.61. The molecule has 0 bridgehead atoms. The fraction of sp³-hybridized carbons (Fsp3) is 0.429. The van der Waals surface area contributed by atoms with Gasteiger partial charge in [0.2, 0.25) is 0 Å². The van der Waals surface area contributed by atoms with Crippen LogP contribution in [-0.2, 0) is 0 Å². The Morgan fingerprint density at radius 2 is 1.57 bits per heavy atom. The van der Waals surface area contributed by atoms with Crippen molar-refractivity contribution in [2.75, 3.05) is 0 Å². The zero-order chi connectivity index (χ0) is 16.4. The number of aryl methyl sites for hydroxylation is 1. The minimum absolute atomic E-state index is 0.106. The first-order valence-corrected chi connectivity index (χ1v) is 8.68. The Hall–Kier alpha value is -1.96. The summed E-state index contributed by atoms with van der Waals surface area (Å²) in [6, 6.07) is 12.2. The van der Waals surface area contributed by atoms with Crippen LogP contribution in [0.3, 0.4) is 0 Å². The molecule has 0 aliphatic heterocycles. The maximum atomic E-state index is 10.1. The van der Waals surface area contributed by atoms with Gasteiger partial charge in [-0.2, -0.15) is 0 Å². The normalized spacial score (nSPS) is 17.1. The van der Waals surface area contributed by atoms with Crippen LogP contribution < -0.4 is 0 Å². The van der Waals surface area contributed by atoms with Gasteiger partial charge in [-0.25, -0.2) is 0 Å². The zero-order valence-electron chi connectivity index (χ0n) is 14.0. The van der Waals surface area contributed by atoms with E-state index in [1.807, 2.05) is 13.0 Å². The van der Waals surface area contributed by atoms with E-state index >= 15 is 0 Å². The molecule has 0 aromatic heterocycles. The number of phenols is 2. The van der Waals surface area contributed by atoms with Crippen LogP contribution >= 0.6 is 0 Å². The maximum Gasteiger partial charge on any atom is 0.123 e. The van der Waals surface area contributed by atoms with Crippen molar-refractivity contribution in [1.29, 1.82) is 0 Å². The molecule has 0 spiro atoms. The number of hydrogen-bond donors (Lipinski definition) is 2. The lowest BCUT2D eigenvalue weighted by Crippen LogP contribution is -2.05. The minimum Gasteiger partial charge on any atom is -0.508 e.